The molecule has 1 aliphatic heterocycles. The van der Waals surface area contributed by atoms with Crippen LogP contribution in [0.1, 0.15) is 0 Å². The smallest absolute Gasteiger partial charge is 0.243 e. The monoisotopic (exact) mass is 383 g/mol. The van der Waals surface area contributed by atoms with Crippen LogP contribution < -0.4 is 5.32 Å². The first-order valence-electron chi connectivity index (χ1n) is 7.68. The Kier molecular flexibility index (Phi) is 6.65. The average molecular weight is 383 g/mol. The predicted octanol–water partition coefficient (Wildman–Crippen LogP) is 0.766. The van der Waals surface area contributed by atoms with Gasteiger partial charge in [-0.3, -0.25) is 4.98 Å². The highest BCUT2D eigenvalue weighted by molar-refractivity contribution is 7.91. The van der Waals surface area contributed by atoms with E-state index in [0.29, 0.717) is 26.2 Å². The molecule has 2 heterocycles. The van der Waals surface area contributed by atoms with E-state index >= 15 is 0 Å². The Morgan fingerprint density at radius 2 is 1.52 bits per heavy atom. The zero-order valence-corrected chi connectivity index (χ0v) is 15.5. The largest absolute Gasteiger partial charge is 0.314 e. The number of aromatic nitrogens is 1. The van der Waals surface area contributed by atoms with E-state index < -0.39 is 19.9 Å². The van der Waals surface area contributed by atoms with E-state index in [4.69, 9.17) is 0 Å². The molecule has 0 atom stereocenters. The Morgan fingerprint density at radius 3 is 2.00 bits per heavy atom. The summed E-state index contributed by atoms with van der Waals surface area (Å²) in [6.45, 7) is 1.99. The molecule has 2 aromatic rings. The molecule has 1 aromatic heterocycles. The van der Waals surface area contributed by atoms with Gasteiger partial charge >= 0.3 is 0 Å². The molecule has 0 unspecified atom stereocenters. The Bertz CT molecular complexity index is 852. The molecule has 3 rings (SSSR count). The van der Waals surface area contributed by atoms with Crippen molar-refractivity contribution in [1.29, 1.82) is 0 Å². The molecule has 0 spiro atoms. The fraction of sp³-hybridized carbons (Fsp3) is 0.312. The van der Waals surface area contributed by atoms with Crippen LogP contribution in [0.4, 0.5) is 0 Å². The van der Waals surface area contributed by atoms with Gasteiger partial charge in [-0.05, 0) is 30.3 Å². The number of rotatable bonds is 3. The van der Waals surface area contributed by atoms with E-state index in [2.05, 4.69) is 10.3 Å². The predicted molar refractivity (Wildman–Crippen MR) is 95.4 cm³/mol. The highest BCUT2D eigenvalue weighted by Gasteiger charge is 2.26. The van der Waals surface area contributed by atoms with Gasteiger partial charge in [0.05, 0.1) is 9.79 Å². The first kappa shape index (κ1) is 19.5. The zero-order valence-electron chi connectivity index (χ0n) is 13.9. The van der Waals surface area contributed by atoms with Crippen molar-refractivity contribution in [1.82, 2.24) is 14.6 Å². The lowest BCUT2D eigenvalue weighted by Gasteiger charge is -2.26. The summed E-state index contributed by atoms with van der Waals surface area (Å²) >= 11 is 0. The van der Waals surface area contributed by atoms with Crippen molar-refractivity contribution in [3.8, 4) is 0 Å². The van der Waals surface area contributed by atoms with Gasteiger partial charge in [0.1, 0.15) is 0 Å². The molecule has 1 saturated heterocycles. The van der Waals surface area contributed by atoms with E-state index in [1.54, 1.807) is 12.4 Å². The summed E-state index contributed by atoms with van der Waals surface area (Å²) in [6.07, 6.45) is 4.56. The number of piperazine rings is 1. The maximum Gasteiger partial charge on any atom is 0.243 e. The molecule has 1 aliphatic rings. The number of pyridine rings is 1. The van der Waals surface area contributed by atoms with Crippen LogP contribution in [0, 0.1) is 0 Å². The van der Waals surface area contributed by atoms with Crippen molar-refractivity contribution >= 4 is 19.9 Å². The molecule has 1 aromatic carbocycles. The van der Waals surface area contributed by atoms with Gasteiger partial charge in [-0.15, -0.1) is 0 Å². The minimum absolute atomic E-state index is 0.0173. The molecule has 0 amide bonds. The lowest BCUT2D eigenvalue weighted by Crippen LogP contribution is -2.46. The van der Waals surface area contributed by atoms with Crippen LogP contribution in [0.25, 0.3) is 0 Å². The molecule has 0 saturated carbocycles. The second kappa shape index (κ2) is 8.52. The third-order valence-corrected chi connectivity index (χ3v) is 6.52. The van der Waals surface area contributed by atoms with Gasteiger partial charge < -0.3 is 5.32 Å². The van der Waals surface area contributed by atoms with Gasteiger partial charge in [-0.25, -0.2) is 16.8 Å². The average Bonchev–Trinajstić information content (AvgIpc) is 2.64. The lowest BCUT2D eigenvalue weighted by molar-refractivity contribution is 0.360. The Morgan fingerprint density at radius 1 is 0.920 bits per heavy atom. The topological polar surface area (TPSA) is 96.4 Å². The number of nitrogens with one attached hydrogen (secondary N) is 1. The van der Waals surface area contributed by atoms with Crippen molar-refractivity contribution in [2.75, 3.05) is 32.4 Å². The molecule has 1 fully saturated rings. The van der Waals surface area contributed by atoms with Crippen molar-refractivity contribution < 1.29 is 16.8 Å². The first-order chi connectivity index (χ1) is 11.8. The van der Waals surface area contributed by atoms with Gasteiger partial charge in [0, 0.05) is 44.8 Å². The zero-order chi connectivity index (χ0) is 18.3. The van der Waals surface area contributed by atoms with Gasteiger partial charge in [-0.2, -0.15) is 4.31 Å². The van der Waals surface area contributed by atoms with E-state index in [0.717, 1.165) is 6.26 Å². The summed E-state index contributed by atoms with van der Waals surface area (Å²) in [5.41, 5.74) is 0. The quantitative estimate of drug-likeness (QED) is 0.841. The van der Waals surface area contributed by atoms with Crippen LogP contribution in [0.15, 0.2) is 64.6 Å². The minimum atomic E-state index is -3.62. The molecule has 0 bridgehead atoms. The van der Waals surface area contributed by atoms with Crippen molar-refractivity contribution in [2.24, 2.45) is 0 Å². The highest BCUT2D eigenvalue weighted by atomic mass is 32.2. The Balaban J connectivity index is 0.000000316. The number of hydrogen-bond acceptors (Lipinski definition) is 6. The van der Waals surface area contributed by atoms with Crippen LogP contribution in [0.5, 0.6) is 0 Å². The summed E-state index contributed by atoms with van der Waals surface area (Å²) in [4.78, 5) is 3.83. The Labute approximate surface area is 148 Å². The van der Waals surface area contributed by atoms with Crippen LogP contribution >= 0.6 is 0 Å². The van der Waals surface area contributed by atoms with Crippen molar-refractivity contribution in [3.63, 3.8) is 0 Å². The van der Waals surface area contributed by atoms with E-state index in [1.807, 2.05) is 18.2 Å². The molecule has 136 valence electrons. The second-order valence-corrected chi connectivity index (χ2v) is 9.38. The molecule has 25 heavy (non-hydrogen) atoms. The van der Waals surface area contributed by atoms with Gasteiger partial charge in [0.15, 0.2) is 9.84 Å². The summed E-state index contributed by atoms with van der Waals surface area (Å²) in [5, 5.41) is 3.07. The number of sulfonamides is 1. The molecule has 7 nitrogen and oxygen atoms in total. The standard InChI is InChI=1S/C11H16N2O4S2.C5H5N/c1-18(14,15)10-3-2-4-11(9-10)19(16,17)13-7-5-12-6-8-13;1-2-4-6-5-3-1/h2-4,9,12H,5-8H2,1H3;1-5H. The van der Waals surface area contributed by atoms with Gasteiger partial charge in [0.25, 0.3) is 0 Å². The summed E-state index contributed by atoms with van der Waals surface area (Å²) in [7, 11) is -7.03. The van der Waals surface area contributed by atoms with Crippen LogP contribution in [0.2, 0.25) is 0 Å². The van der Waals surface area contributed by atoms with Crippen LogP contribution in [-0.4, -0.2) is 58.6 Å². The van der Waals surface area contributed by atoms with Crippen LogP contribution in [-0.2, 0) is 19.9 Å². The Hall–Kier alpha value is -1.81. The summed E-state index contributed by atoms with van der Waals surface area (Å²) < 4.78 is 49.0. The van der Waals surface area contributed by atoms with Crippen LogP contribution in [0.3, 0.4) is 0 Å². The number of nitrogens with zero attached hydrogens (tertiary/aromatic N) is 2. The summed E-state index contributed by atoms with van der Waals surface area (Å²) in [6, 6.07) is 11.2. The molecule has 1 N–H and O–H groups in total. The minimum Gasteiger partial charge on any atom is -0.314 e. The third-order valence-electron chi connectivity index (χ3n) is 3.51. The lowest BCUT2D eigenvalue weighted by atomic mass is 10.4. The second-order valence-electron chi connectivity index (χ2n) is 5.43. The van der Waals surface area contributed by atoms with Gasteiger partial charge in [-0.1, -0.05) is 12.1 Å². The molecule has 9 heteroatoms. The SMILES string of the molecule is CS(=O)(=O)c1cccc(S(=O)(=O)N2CCNCC2)c1.c1ccncc1. The van der Waals surface area contributed by atoms with E-state index in [1.165, 1.54) is 28.6 Å². The third kappa shape index (κ3) is 5.60. The van der Waals surface area contributed by atoms with Gasteiger partial charge in [0.2, 0.25) is 10.0 Å². The maximum atomic E-state index is 12.4. The molecular weight excluding hydrogens is 362 g/mol. The molecule has 0 aliphatic carbocycles. The van der Waals surface area contributed by atoms with Crippen molar-refractivity contribution in [3.05, 3.63) is 54.9 Å². The molecule has 0 radical (unpaired) electrons. The first-order valence-corrected chi connectivity index (χ1v) is 11.0. The van der Waals surface area contributed by atoms with E-state index in [9.17, 15) is 16.8 Å². The number of benzene rings is 1. The summed E-state index contributed by atoms with van der Waals surface area (Å²) in [5.74, 6) is 0. The van der Waals surface area contributed by atoms with Crippen molar-refractivity contribution in [2.45, 2.75) is 9.79 Å². The fourth-order valence-corrected chi connectivity index (χ4v) is 4.44. The fourth-order valence-electron chi connectivity index (χ4n) is 2.21. The number of hydrogen-bond donors (Lipinski definition) is 1. The highest BCUT2D eigenvalue weighted by Crippen LogP contribution is 2.19. The molecular formula is C16H21N3O4S2. The number of sulfone groups is 1. The normalized spacial score (nSPS) is 15.9. The maximum absolute atomic E-state index is 12.4. The van der Waals surface area contributed by atoms with E-state index in [-0.39, 0.29) is 9.79 Å².